The predicted octanol–water partition coefficient (Wildman–Crippen LogP) is 3.73. The van der Waals surface area contributed by atoms with E-state index in [4.69, 9.17) is 11.6 Å². The van der Waals surface area contributed by atoms with Crippen LogP contribution in [0.2, 0.25) is 5.02 Å². The number of likely N-dealkylation sites (N-methyl/N-ethyl adjacent to an activating group) is 1. The van der Waals surface area contributed by atoms with E-state index >= 15 is 0 Å². The SMILES string of the molecule is Cc1ccc(C)n1-c1ccc(Cl)c(C(=O)N(C)CC(=O)NC(C)(C)C)c1. The first kappa shape index (κ1) is 20.0. The molecule has 140 valence electrons. The van der Waals surface area contributed by atoms with Crippen molar-refractivity contribution < 1.29 is 9.59 Å². The van der Waals surface area contributed by atoms with Crippen LogP contribution >= 0.6 is 11.6 Å². The van der Waals surface area contributed by atoms with Gasteiger partial charge >= 0.3 is 0 Å². The molecule has 2 amide bonds. The summed E-state index contributed by atoms with van der Waals surface area (Å²) in [6.45, 7) is 9.68. The molecule has 5 nitrogen and oxygen atoms in total. The Hall–Kier alpha value is -2.27. The molecule has 0 aliphatic carbocycles. The molecule has 0 saturated carbocycles. The maximum Gasteiger partial charge on any atom is 0.255 e. The lowest BCUT2D eigenvalue weighted by Crippen LogP contribution is -2.46. The quantitative estimate of drug-likeness (QED) is 0.885. The van der Waals surface area contributed by atoms with Gasteiger partial charge in [-0.2, -0.15) is 0 Å². The second-order valence-corrected chi connectivity index (χ2v) is 7.98. The van der Waals surface area contributed by atoms with E-state index in [0.717, 1.165) is 17.1 Å². The molecule has 0 aliphatic heterocycles. The molecule has 1 N–H and O–H groups in total. The number of carbonyl (C=O) groups excluding carboxylic acids is 2. The van der Waals surface area contributed by atoms with Crippen molar-refractivity contribution in [2.75, 3.05) is 13.6 Å². The van der Waals surface area contributed by atoms with Gasteiger partial charge in [0.15, 0.2) is 0 Å². The molecular weight excluding hydrogens is 350 g/mol. The summed E-state index contributed by atoms with van der Waals surface area (Å²) in [5.74, 6) is -0.499. The smallest absolute Gasteiger partial charge is 0.255 e. The van der Waals surface area contributed by atoms with Gasteiger partial charge in [-0.25, -0.2) is 0 Å². The van der Waals surface area contributed by atoms with E-state index in [9.17, 15) is 9.59 Å². The fraction of sp³-hybridized carbons (Fsp3) is 0.400. The second kappa shape index (κ2) is 7.54. The standard InChI is InChI=1S/C20H26ClN3O2/c1-13-7-8-14(2)24(13)15-9-10-17(21)16(11-15)19(26)23(6)12-18(25)22-20(3,4)5/h7-11H,12H2,1-6H3,(H,22,25). The number of aromatic nitrogens is 1. The number of nitrogens with one attached hydrogen (secondary N) is 1. The molecule has 0 unspecified atom stereocenters. The van der Waals surface area contributed by atoms with E-state index < -0.39 is 0 Å². The molecule has 0 bridgehead atoms. The van der Waals surface area contributed by atoms with E-state index in [1.807, 2.05) is 52.8 Å². The zero-order valence-electron chi connectivity index (χ0n) is 16.2. The Morgan fingerprint density at radius 1 is 1.12 bits per heavy atom. The third kappa shape index (κ3) is 4.67. The molecule has 0 spiro atoms. The molecule has 0 radical (unpaired) electrons. The van der Waals surface area contributed by atoms with E-state index in [1.54, 1.807) is 19.2 Å². The summed E-state index contributed by atoms with van der Waals surface area (Å²) < 4.78 is 2.05. The minimum absolute atomic E-state index is 0.0295. The average Bonchev–Trinajstić information content (AvgIpc) is 2.84. The van der Waals surface area contributed by atoms with Crippen molar-refractivity contribution in [2.24, 2.45) is 0 Å². The van der Waals surface area contributed by atoms with E-state index in [1.165, 1.54) is 4.90 Å². The fourth-order valence-corrected chi connectivity index (χ4v) is 3.04. The van der Waals surface area contributed by atoms with Crippen LogP contribution in [0.5, 0.6) is 0 Å². The van der Waals surface area contributed by atoms with Gasteiger partial charge in [-0.05, 0) is 65.0 Å². The summed E-state index contributed by atoms with van der Waals surface area (Å²) in [7, 11) is 1.60. The summed E-state index contributed by atoms with van der Waals surface area (Å²) in [4.78, 5) is 26.3. The summed E-state index contributed by atoms with van der Waals surface area (Å²) in [5, 5.41) is 3.21. The number of aryl methyl sites for hydroxylation is 2. The second-order valence-electron chi connectivity index (χ2n) is 7.58. The van der Waals surface area contributed by atoms with E-state index in [2.05, 4.69) is 9.88 Å². The Bertz CT molecular complexity index is 815. The molecule has 0 fully saturated rings. The van der Waals surface area contributed by atoms with Crippen molar-refractivity contribution in [3.05, 3.63) is 52.3 Å². The van der Waals surface area contributed by atoms with Crippen molar-refractivity contribution in [2.45, 2.75) is 40.2 Å². The van der Waals surface area contributed by atoms with Crippen molar-refractivity contribution in [3.8, 4) is 5.69 Å². The predicted molar refractivity (Wildman–Crippen MR) is 105 cm³/mol. The van der Waals surface area contributed by atoms with E-state index in [-0.39, 0.29) is 23.9 Å². The van der Waals surface area contributed by atoms with Crippen LogP contribution in [0.25, 0.3) is 5.69 Å². The van der Waals surface area contributed by atoms with Crippen molar-refractivity contribution in [3.63, 3.8) is 0 Å². The number of hydrogen-bond acceptors (Lipinski definition) is 2. The average molecular weight is 376 g/mol. The number of amides is 2. The lowest BCUT2D eigenvalue weighted by molar-refractivity contribution is -0.122. The molecule has 6 heteroatoms. The van der Waals surface area contributed by atoms with Crippen LogP contribution in [0.4, 0.5) is 0 Å². The number of halogens is 1. The van der Waals surface area contributed by atoms with Crippen LogP contribution in [0.3, 0.4) is 0 Å². The maximum absolute atomic E-state index is 12.8. The molecule has 1 aromatic heterocycles. The number of benzene rings is 1. The van der Waals surface area contributed by atoms with Crippen LogP contribution in [0.15, 0.2) is 30.3 Å². The number of carbonyl (C=O) groups is 2. The first-order chi connectivity index (χ1) is 12.0. The Kier molecular flexibility index (Phi) is 5.81. The van der Waals surface area contributed by atoms with Gasteiger partial charge in [0.2, 0.25) is 5.91 Å². The van der Waals surface area contributed by atoms with Crippen LogP contribution in [0.1, 0.15) is 42.5 Å². The highest BCUT2D eigenvalue weighted by Gasteiger charge is 2.21. The molecule has 1 heterocycles. The van der Waals surface area contributed by atoms with Crippen molar-refractivity contribution in [1.82, 2.24) is 14.8 Å². The van der Waals surface area contributed by atoms with Gasteiger partial charge in [0.1, 0.15) is 0 Å². The van der Waals surface area contributed by atoms with Gasteiger partial charge in [-0.3, -0.25) is 9.59 Å². The van der Waals surface area contributed by atoms with Gasteiger partial charge in [0.25, 0.3) is 5.91 Å². The number of hydrogen-bond donors (Lipinski definition) is 1. The zero-order valence-corrected chi connectivity index (χ0v) is 16.9. The number of rotatable bonds is 4. The highest BCUT2D eigenvalue weighted by molar-refractivity contribution is 6.34. The van der Waals surface area contributed by atoms with Gasteiger partial charge in [0.05, 0.1) is 17.1 Å². The lowest BCUT2D eigenvalue weighted by atomic mass is 10.1. The first-order valence-corrected chi connectivity index (χ1v) is 8.89. The largest absolute Gasteiger partial charge is 0.350 e. The summed E-state index contributed by atoms with van der Waals surface area (Å²) in [6, 6.07) is 9.41. The zero-order chi connectivity index (χ0) is 19.6. The third-order valence-corrected chi connectivity index (χ3v) is 4.28. The fourth-order valence-electron chi connectivity index (χ4n) is 2.84. The van der Waals surface area contributed by atoms with Crippen molar-refractivity contribution in [1.29, 1.82) is 0 Å². The Labute approximate surface area is 159 Å². The highest BCUT2D eigenvalue weighted by atomic mass is 35.5. The molecular formula is C20H26ClN3O2. The van der Waals surface area contributed by atoms with Crippen LogP contribution in [0, 0.1) is 13.8 Å². The minimum atomic E-state index is -0.345. The molecule has 2 aromatic rings. The minimum Gasteiger partial charge on any atom is -0.350 e. The van der Waals surface area contributed by atoms with Gasteiger partial charge < -0.3 is 14.8 Å². The third-order valence-electron chi connectivity index (χ3n) is 3.95. The van der Waals surface area contributed by atoms with Crippen LogP contribution < -0.4 is 5.32 Å². The maximum atomic E-state index is 12.8. The lowest BCUT2D eigenvalue weighted by Gasteiger charge is -2.24. The molecule has 26 heavy (non-hydrogen) atoms. The Morgan fingerprint density at radius 3 is 2.23 bits per heavy atom. The molecule has 1 aromatic carbocycles. The summed E-state index contributed by atoms with van der Waals surface area (Å²) in [5.41, 5.74) is 3.04. The monoisotopic (exact) mass is 375 g/mol. The van der Waals surface area contributed by atoms with Gasteiger partial charge in [-0.15, -0.1) is 0 Å². The normalized spacial score (nSPS) is 11.3. The summed E-state index contributed by atoms with van der Waals surface area (Å²) >= 11 is 6.26. The van der Waals surface area contributed by atoms with Crippen LogP contribution in [-0.4, -0.2) is 40.4 Å². The molecule has 2 rings (SSSR count). The molecule has 0 saturated heterocycles. The van der Waals surface area contributed by atoms with Crippen molar-refractivity contribution >= 4 is 23.4 Å². The van der Waals surface area contributed by atoms with Gasteiger partial charge in [-0.1, -0.05) is 11.6 Å². The topological polar surface area (TPSA) is 54.3 Å². The molecule has 0 aliphatic rings. The highest BCUT2D eigenvalue weighted by Crippen LogP contribution is 2.24. The van der Waals surface area contributed by atoms with E-state index in [0.29, 0.717) is 10.6 Å². The van der Waals surface area contributed by atoms with Gasteiger partial charge in [0, 0.05) is 29.7 Å². The molecule has 0 atom stereocenters. The first-order valence-electron chi connectivity index (χ1n) is 8.51. The van der Waals surface area contributed by atoms with Crippen LogP contribution in [-0.2, 0) is 4.79 Å². The Morgan fingerprint density at radius 2 is 1.69 bits per heavy atom. The Balaban J connectivity index is 2.26. The number of nitrogens with zero attached hydrogens (tertiary/aromatic N) is 2. The summed E-state index contributed by atoms with van der Waals surface area (Å²) in [6.07, 6.45) is 0.